The Kier molecular flexibility index (Phi) is 3.98. The van der Waals surface area contributed by atoms with Gasteiger partial charge in [-0.3, -0.25) is 4.98 Å². The molecule has 1 aromatic heterocycles. The van der Waals surface area contributed by atoms with Crippen molar-refractivity contribution < 1.29 is 9.47 Å². The summed E-state index contributed by atoms with van der Waals surface area (Å²) in [5, 5.41) is 13.5. The fourth-order valence-corrected chi connectivity index (χ4v) is 2.36. The number of hydrogen-bond acceptors (Lipinski definition) is 5. The average molecular weight is 305 g/mol. The Labute approximate surface area is 134 Å². The molecule has 0 amide bonds. The molecule has 0 spiro atoms. The van der Waals surface area contributed by atoms with Crippen LogP contribution in [0.5, 0.6) is 11.5 Å². The highest BCUT2D eigenvalue weighted by Crippen LogP contribution is 2.32. The largest absolute Gasteiger partial charge is 0.497 e. The van der Waals surface area contributed by atoms with Crippen LogP contribution in [-0.4, -0.2) is 19.2 Å². The molecule has 1 N–H and O–H groups in total. The lowest BCUT2D eigenvalue weighted by atomic mass is 10.1. The number of nitriles is 1. The molecular weight excluding hydrogens is 290 g/mol. The van der Waals surface area contributed by atoms with Crippen LogP contribution in [0.1, 0.15) is 5.56 Å². The number of ether oxygens (including phenoxy) is 2. The van der Waals surface area contributed by atoms with Crippen LogP contribution in [-0.2, 0) is 0 Å². The molecule has 0 saturated carbocycles. The van der Waals surface area contributed by atoms with E-state index in [1.165, 1.54) is 0 Å². The molecule has 0 aliphatic carbocycles. The fourth-order valence-electron chi connectivity index (χ4n) is 2.36. The number of benzene rings is 2. The molecule has 5 heteroatoms. The lowest BCUT2D eigenvalue weighted by Gasteiger charge is -2.13. The molecule has 0 radical (unpaired) electrons. The molecule has 0 aliphatic heterocycles. The van der Waals surface area contributed by atoms with Crippen molar-refractivity contribution in [2.45, 2.75) is 0 Å². The molecule has 5 nitrogen and oxygen atoms in total. The summed E-state index contributed by atoms with van der Waals surface area (Å²) in [4.78, 5) is 4.32. The number of anilines is 2. The van der Waals surface area contributed by atoms with E-state index < -0.39 is 0 Å². The van der Waals surface area contributed by atoms with Crippen LogP contribution in [0.25, 0.3) is 10.9 Å². The van der Waals surface area contributed by atoms with Gasteiger partial charge in [-0.25, -0.2) is 0 Å². The number of rotatable bonds is 4. The minimum Gasteiger partial charge on any atom is -0.497 e. The maximum Gasteiger partial charge on any atom is 0.120 e. The van der Waals surface area contributed by atoms with Crippen LogP contribution in [0.15, 0.2) is 48.7 Å². The first-order valence-corrected chi connectivity index (χ1v) is 7.03. The molecule has 0 unspecified atom stereocenters. The van der Waals surface area contributed by atoms with Gasteiger partial charge >= 0.3 is 0 Å². The van der Waals surface area contributed by atoms with Crippen molar-refractivity contribution in [3.63, 3.8) is 0 Å². The molecule has 114 valence electrons. The highest BCUT2D eigenvalue weighted by atomic mass is 16.5. The second kappa shape index (κ2) is 6.24. The van der Waals surface area contributed by atoms with E-state index in [-0.39, 0.29) is 0 Å². The summed E-state index contributed by atoms with van der Waals surface area (Å²) < 4.78 is 10.5. The standard InChI is InChI=1S/C18H15N3O2/c1-22-14-5-3-4-13(8-14)21-18-12(10-19)11-20-17-7-6-15(23-2)9-16(17)18/h3-9,11H,1-2H3,(H,20,21). The summed E-state index contributed by atoms with van der Waals surface area (Å²) in [7, 11) is 3.23. The first-order chi connectivity index (χ1) is 11.2. The number of fused-ring (bicyclic) bond motifs is 1. The Morgan fingerprint density at radius 2 is 1.83 bits per heavy atom. The molecule has 2 aromatic carbocycles. The van der Waals surface area contributed by atoms with Crippen LogP contribution in [0, 0.1) is 11.3 Å². The van der Waals surface area contributed by atoms with Gasteiger partial charge in [-0.05, 0) is 30.3 Å². The number of pyridine rings is 1. The Balaban J connectivity index is 2.15. The highest BCUT2D eigenvalue weighted by molar-refractivity contribution is 5.96. The van der Waals surface area contributed by atoms with E-state index >= 15 is 0 Å². The molecule has 3 aromatic rings. The molecule has 0 bridgehead atoms. The van der Waals surface area contributed by atoms with Crippen LogP contribution in [0.3, 0.4) is 0 Å². The predicted molar refractivity (Wildman–Crippen MR) is 89.3 cm³/mol. The Morgan fingerprint density at radius 1 is 1.04 bits per heavy atom. The number of methoxy groups -OCH3 is 2. The smallest absolute Gasteiger partial charge is 0.120 e. The first-order valence-electron chi connectivity index (χ1n) is 7.03. The average Bonchev–Trinajstić information content (AvgIpc) is 2.61. The lowest BCUT2D eigenvalue weighted by molar-refractivity contribution is 0.415. The number of hydrogen-bond donors (Lipinski definition) is 1. The topological polar surface area (TPSA) is 67.2 Å². The molecule has 0 atom stereocenters. The van der Waals surface area contributed by atoms with Gasteiger partial charge in [-0.2, -0.15) is 5.26 Å². The van der Waals surface area contributed by atoms with Crippen LogP contribution in [0.4, 0.5) is 11.4 Å². The van der Waals surface area contributed by atoms with E-state index in [2.05, 4.69) is 16.4 Å². The summed E-state index contributed by atoms with van der Waals surface area (Å²) in [5.74, 6) is 1.45. The summed E-state index contributed by atoms with van der Waals surface area (Å²) in [5.41, 5.74) is 2.78. The third-order valence-corrected chi connectivity index (χ3v) is 3.53. The molecule has 3 rings (SSSR count). The fraction of sp³-hybridized carbons (Fsp3) is 0.111. The van der Waals surface area contributed by atoms with Gasteiger partial charge in [0.2, 0.25) is 0 Å². The minimum atomic E-state index is 0.466. The normalized spacial score (nSPS) is 10.1. The molecule has 0 aliphatic rings. The SMILES string of the molecule is COc1cccc(Nc2c(C#N)cnc3ccc(OC)cc23)c1. The Bertz CT molecular complexity index is 900. The maximum atomic E-state index is 9.40. The van der Waals surface area contributed by atoms with Crippen molar-refractivity contribution in [3.05, 3.63) is 54.2 Å². The van der Waals surface area contributed by atoms with Gasteiger partial charge in [0.15, 0.2) is 0 Å². The Hall–Kier alpha value is -3.26. The highest BCUT2D eigenvalue weighted by Gasteiger charge is 2.10. The van der Waals surface area contributed by atoms with Gasteiger partial charge in [0.25, 0.3) is 0 Å². The van der Waals surface area contributed by atoms with E-state index in [0.29, 0.717) is 17.0 Å². The molecule has 1 heterocycles. The summed E-state index contributed by atoms with van der Waals surface area (Å²) >= 11 is 0. The minimum absolute atomic E-state index is 0.466. The monoisotopic (exact) mass is 305 g/mol. The van der Waals surface area contributed by atoms with Crippen LogP contribution in [0.2, 0.25) is 0 Å². The third-order valence-electron chi connectivity index (χ3n) is 3.53. The van der Waals surface area contributed by atoms with Gasteiger partial charge in [0.05, 0.1) is 31.0 Å². The van der Waals surface area contributed by atoms with E-state index in [4.69, 9.17) is 9.47 Å². The van der Waals surface area contributed by atoms with Gasteiger partial charge in [0, 0.05) is 23.3 Å². The zero-order valence-electron chi connectivity index (χ0n) is 12.8. The first kappa shape index (κ1) is 14.7. The number of aromatic nitrogens is 1. The quantitative estimate of drug-likeness (QED) is 0.792. The molecular formula is C18H15N3O2. The van der Waals surface area contributed by atoms with Crippen molar-refractivity contribution in [1.82, 2.24) is 4.98 Å². The van der Waals surface area contributed by atoms with Crippen molar-refractivity contribution in [2.75, 3.05) is 19.5 Å². The predicted octanol–water partition coefficient (Wildman–Crippen LogP) is 3.87. The van der Waals surface area contributed by atoms with E-state index in [0.717, 1.165) is 22.3 Å². The summed E-state index contributed by atoms with van der Waals surface area (Å²) in [6.07, 6.45) is 1.57. The summed E-state index contributed by atoms with van der Waals surface area (Å²) in [6, 6.07) is 15.3. The third kappa shape index (κ3) is 2.87. The molecule has 0 saturated heterocycles. The van der Waals surface area contributed by atoms with Crippen LogP contribution >= 0.6 is 0 Å². The van der Waals surface area contributed by atoms with Gasteiger partial charge in [-0.1, -0.05) is 6.07 Å². The molecule has 0 fully saturated rings. The molecule has 23 heavy (non-hydrogen) atoms. The van der Waals surface area contributed by atoms with Gasteiger partial charge < -0.3 is 14.8 Å². The zero-order valence-corrected chi connectivity index (χ0v) is 12.8. The van der Waals surface area contributed by atoms with Crippen LogP contribution < -0.4 is 14.8 Å². The zero-order chi connectivity index (χ0) is 16.2. The van der Waals surface area contributed by atoms with Crippen molar-refractivity contribution in [1.29, 1.82) is 5.26 Å². The summed E-state index contributed by atoms with van der Waals surface area (Å²) in [6.45, 7) is 0. The Morgan fingerprint density at radius 3 is 2.57 bits per heavy atom. The maximum absolute atomic E-state index is 9.40. The van der Waals surface area contributed by atoms with E-state index in [1.54, 1.807) is 20.4 Å². The lowest BCUT2D eigenvalue weighted by Crippen LogP contribution is -1.97. The number of nitrogens with one attached hydrogen (secondary N) is 1. The van der Waals surface area contributed by atoms with E-state index in [9.17, 15) is 5.26 Å². The van der Waals surface area contributed by atoms with E-state index in [1.807, 2.05) is 42.5 Å². The second-order valence-electron chi connectivity index (χ2n) is 4.90. The van der Waals surface area contributed by atoms with Crippen molar-refractivity contribution in [2.24, 2.45) is 0 Å². The van der Waals surface area contributed by atoms with Gasteiger partial charge in [0.1, 0.15) is 17.6 Å². The number of nitrogens with zero attached hydrogens (tertiary/aromatic N) is 2. The second-order valence-corrected chi connectivity index (χ2v) is 4.90. The van der Waals surface area contributed by atoms with Crippen molar-refractivity contribution >= 4 is 22.3 Å². The van der Waals surface area contributed by atoms with Gasteiger partial charge in [-0.15, -0.1) is 0 Å². The van der Waals surface area contributed by atoms with Crippen molar-refractivity contribution in [3.8, 4) is 17.6 Å².